The van der Waals surface area contributed by atoms with E-state index in [1.807, 2.05) is 24.3 Å². The molecular weight excluding hydrogens is 448 g/mol. The van der Waals surface area contributed by atoms with Gasteiger partial charge in [-0.3, -0.25) is 19.3 Å². The topological polar surface area (TPSA) is 103 Å². The third kappa shape index (κ3) is 7.78. The second kappa shape index (κ2) is 12.1. The number of likely N-dealkylation sites (N-methyl/N-ethyl adjacent to an activating group) is 1. The maximum atomic E-state index is 13.2. The minimum absolute atomic E-state index is 0.0281. The van der Waals surface area contributed by atoms with Crippen molar-refractivity contribution in [1.82, 2.24) is 10.2 Å². The zero-order chi connectivity index (χ0) is 24.5. The van der Waals surface area contributed by atoms with Crippen molar-refractivity contribution in [2.45, 2.75) is 0 Å². The summed E-state index contributed by atoms with van der Waals surface area (Å²) in [6.45, 7) is 2.54. The molecule has 0 saturated carbocycles. The SMILES string of the molecule is CN(CC(=O)NCC(=O)Nc1ccc(F)c(F)c1)CC(=O)Nc1ccc(N2CCOCC2)cc1. The van der Waals surface area contributed by atoms with Gasteiger partial charge >= 0.3 is 0 Å². The average molecular weight is 475 g/mol. The number of carbonyl (C=O) groups is 3. The molecule has 2 aromatic carbocycles. The third-order valence-electron chi connectivity index (χ3n) is 5.00. The number of nitrogens with one attached hydrogen (secondary N) is 3. The molecule has 11 heteroatoms. The minimum Gasteiger partial charge on any atom is -0.378 e. The number of hydrogen-bond acceptors (Lipinski definition) is 6. The Balaban J connectivity index is 1.36. The van der Waals surface area contributed by atoms with E-state index < -0.39 is 23.4 Å². The molecule has 0 unspecified atom stereocenters. The van der Waals surface area contributed by atoms with Crippen LogP contribution >= 0.6 is 0 Å². The van der Waals surface area contributed by atoms with Crippen LogP contribution in [0.5, 0.6) is 0 Å². The van der Waals surface area contributed by atoms with E-state index in [-0.39, 0.29) is 31.2 Å². The molecule has 0 spiro atoms. The monoisotopic (exact) mass is 475 g/mol. The van der Waals surface area contributed by atoms with Gasteiger partial charge in [0.05, 0.1) is 32.8 Å². The van der Waals surface area contributed by atoms with Gasteiger partial charge in [-0.2, -0.15) is 0 Å². The molecule has 2 aromatic rings. The summed E-state index contributed by atoms with van der Waals surface area (Å²) in [5.41, 5.74) is 1.78. The van der Waals surface area contributed by atoms with Gasteiger partial charge in [-0.1, -0.05) is 0 Å². The van der Waals surface area contributed by atoms with Crippen molar-refractivity contribution < 1.29 is 27.9 Å². The second-order valence-electron chi connectivity index (χ2n) is 7.82. The first-order valence-corrected chi connectivity index (χ1v) is 10.7. The summed E-state index contributed by atoms with van der Waals surface area (Å²) in [6.07, 6.45) is 0. The quantitative estimate of drug-likeness (QED) is 0.507. The Morgan fingerprint density at radius 1 is 0.882 bits per heavy atom. The van der Waals surface area contributed by atoms with Crippen molar-refractivity contribution in [2.24, 2.45) is 0 Å². The van der Waals surface area contributed by atoms with Crippen molar-refractivity contribution in [2.75, 3.05) is 68.5 Å². The lowest BCUT2D eigenvalue weighted by atomic mass is 10.2. The summed E-state index contributed by atoms with van der Waals surface area (Å²) < 4.78 is 31.5. The van der Waals surface area contributed by atoms with E-state index in [1.54, 1.807) is 7.05 Å². The molecule has 34 heavy (non-hydrogen) atoms. The molecule has 9 nitrogen and oxygen atoms in total. The van der Waals surface area contributed by atoms with Crippen molar-refractivity contribution >= 4 is 34.8 Å². The summed E-state index contributed by atoms with van der Waals surface area (Å²) in [4.78, 5) is 39.9. The maximum absolute atomic E-state index is 13.2. The van der Waals surface area contributed by atoms with Crippen molar-refractivity contribution in [1.29, 1.82) is 0 Å². The van der Waals surface area contributed by atoms with E-state index in [1.165, 1.54) is 11.0 Å². The molecule has 1 saturated heterocycles. The van der Waals surface area contributed by atoms with Gasteiger partial charge in [0.1, 0.15) is 0 Å². The van der Waals surface area contributed by atoms with E-state index in [0.717, 1.165) is 30.9 Å². The molecule has 182 valence electrons. The fraction of sp³-hybridized carbons (Fsp3) is 0.348. The first kappa shape index (κ1) is 25.1. The number of morpholine rings is 1. The summed E-state index contributed by atoms with van der Waals surface area (Å²) in [6, 6.07) is 10.5. The van der Waals surface area contributed by atoms with Gasteiger partial charge in [-0.25, -0.2) is 8.78 Å². The smallest absolute Gasteiger partial charge is 0.243 e. The summed E-state index contributed by atoms with van der Waals surface area (Å²) in [5.74, 6) is -3.46. The number of halogens is 2. The molecule has 3 N–H and O–H groups in total. The molecular formula is C23H27F2N5O4. The van der Waals surface area contributed by atoms with Crippen LogP contribution in [0.4, 0.5) is 25.8 Å². The van der Waals surface area contributed by atoms with E-state index in [4.69, 9.17) is 4.74 Å². The number of carbonyl (C=O) groups excluding carboxylic acids is 3. The Morgan fingerprint density at radius 2 is 1.50 bits per heavy atom. The Bertz CT molecular complexity index is 1010. The Labute approximate surface area is 196 Å². The molecule has 1 fully saturated rings. The van der Waals surface area contributed by atoms with Gasteiger partial charge in [0, 0.05) is 36.2 Å². The van der Waals surface area contributed by atoms with Gasteiger partial charge in [0.2, 0.25) is 17.7 Å². The first-order valence-electron chi connectivity index (χ1n) is 10.7. The van der Waals surface area contributed by atoms with Gasteiger partial charge < -0.3 is 25.6 Å². The average Bonchev–Trinajstić information content (AvgIpc) is 2.81. The number of nitrogens with zero attached hydrogens (tertiary/aromatic N) is 2. The number of ether oxygens (including phenoxy) is 1. The van der Waals surface area contributed by atoms with Crippen LogP contribution in [0.1, 0.15) is 0 Å². The molecule has 1 aliphatic rings. The summed E-state index contributed by atoms with van der Waals surface area (Å²) >= 11 is 0. The minimum atomic E-state index is -1.09. The second-order valence-corrected chi connectivity index (χ2v) is 7.82. The van der Waals surface area contributed by atoms with E-state index in [0.29, 0.717) is 18.9 Å². The van der Waals surface area contributed by atoms with Gasteiger partial charge in [0.15, 0.2) is 11.6 Å². The normalized spacial score (nSPS) is 13.5. The maximum Gasteiger partial charge on any atom is 0.243 e. The fourth-order valence-electron chi connectivity index (χ4n) is 3.34. The standard InChI is InChI=1S/C23H27F2N5O4/c1-29(14-22(32)26-13-21(31)28-17-4-7-19(24)20(25)12-17)15-23(33)27-16-2-5-18(6-3-16)30-8-10-34-11-9-30/h2-7,12H,8-11,13-15H2,1H3,(H,26,32)(H,27,33)(H,28,31). The van der Waals surface area contributed by atoms with Crippen LogP contribution in [0.3, 0.4) is 0 Å². The predicted molar refractivity (Wildman–Crippen MR) is 124 cm³/mol. The zero-order valence-corrected chi connectivity index (χ0v) is 18.8. The molecule has 3 rings (SSSR count). The highest BCUT2D eigenvalue weighted by atomic mass is 19.2. The van der Waals surface area contributed by atoms with Crippen LogP contribution in [-0.2, 0) is 19.1 Å². The molecule has 1 aliphatic heterocycles. The molecule has 0 aliphatic carbocycles. The van der Waals surface area contributed by atoms with Crippen molar-refractivity contribution in [3.05, 3.63) is 54.1 Å². The van der Waals surface area contributed by atoms with Crippen LogP contribution in [0.15, 0.2) is 42.5 Å². The van der Waals surface area contributed by atoms with Crippen molar-refractivity contribution in [3.63, 3.8) is 0 Å². The number of hydrogen-bond donors (Lipinski definition) is 3. The number of anilines is 3. The van der Waals surface area contributed by atoms with E-state index in [9.17, 15) is 23.2 Å². The largest absolute Gasteiger partial charge is 0.378 e. The highest BCUT2D eigenvalue weighted by molar-refractivity contribution is 5.95. The van der Waals surface area contributed by atoms with Gasteiger partial charge in [0.25, 0.3) is 0 Å². The van der Waals surface area contributed by atoms with Crippen LogP contribution in [-0.4, -0.2) is 75.6 Å². The lowest BCUT2D eigenvalue weighted by Gasteiger charge is -2.28. The van der Waals surface area contributed by atoms with E-state index >= 15 is 0 Å². The van der Waals surface area contributed by atoms with E-state index in [2.05, 4.69) is 20.9 Å². The van der Waals surface area contributed by atoms with Crippen LogP contribution in [0.2, 0.25) is 0 Å². The van der Waals surface area contributed by atoms with Crippen molar-refractivity contribution in [3.8, 4) is 0 Å². The van der Waals surface area contributed by atoms with Gasteiger partial charge in [-0.15, -0.1) is 0 Å². The predicted octanol–water partition coefficient (Wildman–Crippen LogP) is 1.43. The van der Waals surface area contributed by atoms with Crippen LogP contribution in [0.25, 0.3) is 0 Å². The highest BCUT2D eigenvalue weighted by Crippen LogP contribution is 2.19. The molecule has 0 aromatic heterocycles. The fourth-order valence-corrected chi connectivity index (χ4v) is 3.34. The first-order chi connectivity index (χ1) is 16.3. The Kier molecular flexibility index (Phi) is 8.88. The molecule has 0 atom stereocenters. The summed E-state index contributed by atoms with van der Waals surface area (Å²) in [7, 11) is 1.60. The van der Waals surface area contributed by atoms with Gasteiger partial charge in [-0.05, 0) is 43.4 Å². The summed E-state index contributed by atoms with van der Waals surface area (Å²) in [5, 5.41) is 7.56. The van der Waals surface area contributed by atoms with Crippen LogP contribution < -0.4 is 20.9 Å². The lowest BCUT2D eigenvalue weighted by molar-refractivity contribution is -0.125. The third-order valence-corrected chi connectivity index (χ3v) is 5.00. The lowest BCUT2D eigenvalue weighted by Crippen LogP contribution is -2.41. The number of amides is 3. The zero-order valence-electron chi connectivity index (χ0n) is 18.8. The number of benzene rings is 2. The van der Waals surface area contributed by atoms with Crippen LogP contribution in [0, 0.1) is 11.6 Å². The molecule has 0 bridgehead atoms. The Hall–Kier alpha value is -3.57. The molecule has 3 amide bonds. The highest BCUT2D eigenvalue weighted by Gasteiger charge is 2.14. The number of rotatable bonds is 9. The molecule has 1 heterocycles. The Morgan fingerprint density at radius 3 is 2.18 bits per heavy atom. The molecule has 0 radical (unpaired) electrons.